The number of ether oxygens (including phenoxy) is 1. The number of anilines is 1. The first-order valence-electron chi connectivity index (χ1n) is 24.7. The largest absolute Gasteiger partial charge is 0.496 e. The second-order valence-corrected chi connectivity index (χ2v) is 23.1. The Labute approximate surface area is 416 Å². The van der Waals surface area contributed by atoms with E-state index in [-0.39, 0.29) is 24.1 Å². The summed E-state index contributed by atoms with van der Waals surface area (Å²) < 4.78 is 18.9. The minimum Gasteiger partial charge on any atom is -0.496 e. The number of carbonyl (C=O) groups is 4. The van der Waals surface area contributed by atoms with Gasteiger partial charge in [0.15, 0.2) is 0 Å². The van der Waals surface area contributed by atoms with Crippen molar-refractivity contribution in [3.05, 3.63) is 147 Å². The highest BCUT2D eigenvalue weighted by Gasteiger charge is 2.40. The fraction of sp³-hybridized carbons (Fsp3) is 0.418. The van der Waals surface area contributed by atoms with Gasteiger partial charge in [0, 0.05) is 112 Å². The molecule has 0 saturated carbocycles. The van der Waals surface area contributed by atoms with E-state index in [1.165, 1.54) is 5.56 Å². The summed E-state index contributed by atoms with van der Waals surface area (Å²) in [5, 5.41) is 3.71. The molecule has 1 atom stereocenters. The number of halogens is 1. The second-order valence-electron chi connectivity index (χ2n) is 19.6. The van der Waals surface area contributed by atoms with E-state index in [1.807, 2.05) is 41.3 Å². The van der Waals surface area contributed by atoms with Gasteiger partial charge in [0.2, 0.25) is 17.7 Å². The van der Waals surface area contributed by atoms with Crippen LogP contribution in [0.1, 0.15) is 93.8 Å². The predicted molar refractivity (Wildman–Crippen MR) is 274 cm³/mol. The molecule has 1 aromatic heterocycles. The van der Waals surface area contributed by atoms with Gasteiger partial charge in [-0.05, 0) is 98.2 Å². The number of rotatable bonds is 16. The summed E-state index contributed by atoms with van der Waals surface area (Å²) in [5.74, 6) is 0.847. The van der Waals surface area contributed by atoms with E-state index in [4.69, 9.17) is 21.3 Å². The number of amides is 4. The molecular formula is C55H63ClN7O6P. The van der Waals surface area contributed by atoms with Gasteiger partial charge >= 0.3 is 0 Å². The molecule has 0 bridgehead atoms. The van der Waals surface area contributed by atoms with Crippen LogP contribution in [-0.2, 0) is 57.6 Å². The summed E-state index contributed by atoms with van der Waals surface area (Å²) in [6, 6.07) is 28.5. The van der Waals surface area contributed by atoms with Gasteiger partial charge in [0.05, 0.1) is 17.8 Å². The fourth-order valence-corrected chi connectivity index (χ4v) is 12.2. The topological polar surface area (TPSA) is 145 Å². The Morgan fingerprint density at radius 2 is 1.54 bits per heavy atom. The molecule has 3 fully saturated rings. The molecule has 1 N–H and O–H groups in total. The summed E-state index contributed by atoms with van der Waals surface area (Å²) in [5.41, 5.74) is 8.96. The number of aromatic nitrogens is 2. The maximum Gasteiger partial charge on any atom is 0.255 e. The van der Waals surface area contributed by atoms with Gasteiger partial charge in [-0.2, -0.15) is 0 Å². The Kier molecular flexibility index (Phi) is 15.2. The van der Waals surface area contributed by atoms with Crippen LogP contribution < -0.4 is 20.3 Å². The third-order valence-electron chi connectivity index (χ3n) is 14.7. The molecule has 366 valence electrons. The zero-order chi connectivity index (χ0) is 48.9. The molecule has 0 radical (unpaired) electrons. The van der Waals surface area contributed by atoms with Gasteiger partial charge in [-0.15, -0.1) is 0 Å². The summed E-state index contributed by atoms with van der Waals surface area (Å²) in [4.78, 5) is 68.9. The van der Waals surface area contributed by atoms with E-state index < -0.39 is 19.1 Å². The molecular weight excluding hydrogens is 921 g/mol. The van der Waals surface area contributed by atoms with Crippen LogP contribution in [-0.4, -0.2) is 120 Å². The predicted octanol–water partition coefficient (Wildman–Crippen LogP) is 7.25. The smallest absolute Gasteiger partial charge is 0.255 e. The van der Waals surface area contributed by atoms with Crippen molar-refractivity contribution in [2.75, 3.05) is 64.6 Å². The van der Waals surface area contributed by atoms with Crippen LogP contribution in [0.3, 0.4) is 0 Å². The first-order chi connectivity index (χ1) is 33.8. The van der Waals surface area contributed by atoms with Gasteiger partial charge in [-0.1, -0.05) is 78.3 Å². The number of nitrogens with one attached hydrogen (secondary N) is 1. The van der Waals surface area contributed by atoms with Crippen molar-refractivity contribution in [2.45, 2.75) is 89.3 Å². The van der Waals surface area contributed by atoms with Gasteiger partial charge in [-0.25, -0.2) is 9.97 Å². The fourth-order valence-electron chi connectivity index (χ4n) is 10.7. The van der Waals surface area contributed by atoms with Crippen molar-refractivity contribution in [3.63, 3.8) is 0 Å². The number of hydrogen-bond acceptors (Lipinski definition) is 10. The number of fused-ring (bicyclic) bond motifs is 1. The lowest BCUT2D eigenvalue weighted by Crippen LogP contribution is -2.54. The number of piperidine rings is 2. The number of imide groups is 1. The third-order valence-corrected chi connectivity index (χ3v) is 16.6. The molecule has 5 heterocycles. The van der Waals surface area contributed by atoms with Crippen LogP contribution in [0.5, 0.6) is 5.75 Å². The normalized spacial score (nSPS) is 18.0. The molecule has 3 saturated heterocycles. The Morgan fingerprint density at radius 1 is 0.814 bits per heavy atom. The minimum absolute atomic E-state index is 0.140. The average Bonchev–Trinajstić information content (AvgIpc) is 3.70. The van der Waals surface area contributed by atoms with Crippen molar-refractivity contribution >= 4 is 53.4 Å². The molecule has 4 amide bonds. The van der Waals surface area contributed by atoms with Crippen molar-refractivity contribution < 1.29 is 28.5 Å². The number of hydrogen-bond donors (Lipinski definition) is 1. The maximum atomic E-state index is 13.4. The van der Waals surface area contributed by atoms with E-state index in [2.05, 4.69) is 68.6 Å². The Balaban J connectivity index is 0.695. The highest BCUT2D eigenvalue weighted by atomic mass is 35.5. The van der Waals surface area contributed by atoms with Gasteiger partial charge in [0.1, 0.15) is 24.8 Å². The van der Waals surface area contributed by atoms with Crippen molar-refractivity contribution in [2.24, 2.45) is 0 Å². The van der Waals surface area contributed by atoms with Crippen molar-refractivity contribution in [3.8, 4) is 5.75 Å². The summed E-state index contributed by atoms with van der Waals surface area (Å²) in [7, 11) is -0.779. The van der Waals surface area contributed by atoms with Crippen molar-refractivity contribution in [1.82, 2.24) is 30.0 Å². The maximum absolute atomic E-state index is 13.4. The molecule has 5 aromatic rings. The minimum atomic E-state index is -2.48. The zero-order valence-corrected chi connectivity index (χ0v) is 42.2. The highest BCUT2D eigenvalue weighted by Crippen LogP contribution is 2.37. The Morgan fingerprint density at radius 3 is 2.27 bits per heavy atom. The molecule has 1 unspecified atom stereocenters. The quantitative estimate of drug-likeness (QED) is 0.0793. The number of carbonyl (C=O) groups excluding carboxylic acids is 4. The van der Waals surface area contributed by atoms with Crippen LogP contribution in [0.4, 0.5) is 5.69 Å². The zero-order valence-electron chi connectivity index (χ0n) is 40.5. The van der Waals surface area contributed by atoms with E-state index in [0.717, 1.165) is 116 Å². The Hall–Kier alpha value is -5.88. The first-order valence-corrected chi connectivity index (χ1v) is 27.7. The van der Waals surface area contributed by atoms with E-state index in [9.17, 15) is 23.7 Å². The molecule has 0 aliphatic carbocycles. The van der Waals surface area contributed by atoms with Crippen molar-refractivity contribution in [1.29, 1.82) is 0 Å². The van der Waals surface area contributed by atoms with Gasteiger partial charge in [0.25, 0.3) is 5.91 Å². The third kappa shape index (κ3) is 11.3. The second kappa shape index (κ2) is 21.6. The average molecular weight is 985 g/mol. The van der Waals surface area contributed by atoms with Crippen LogP contribution in [0.15, 0.2) is 91.1 Å². The molecule has 4 aliphatic rings. The SMILES string of the molecule is COc1cc(N2CCC(N3CCN(C(=O)CCc4ccc(CCCc5cccc6c5CN(C5CCC(=O)NC5=O)C6=O)cc4)CC3)CC2)ccc1Cc1ncc(Cl)c(Cc2ccccc2P(C)(C)=O)n1. The number of aryl methyl sites for hydroxylation is 3. The van der Waals surface area contributed by atoms with E-state index in [0.29, 0.717) is 66.8 Å². The van der Waals surface area contributed by atoms with Crippen LogP contribution in [0, 0.1) is 0 Å². The summed E-state index contributed by atoms with van der Waals surface area (Å²) in [6.07, 6.45) is 9.19. The molecule has 0 spiro atoms. The number of nitrogens with zero attached hydrogens (tertiary/aromatic N) is 6. The molecule has 70 heavy (non-hydrogen) atoms. The highest BCUT2D eigenvalue weighted by molar-refractivity contribution is 7.70. The molecule has 9 rings (SSSR count). The lowest BCUT2D eigenvalue weighted by Gasteiger charge is -2.43. The first kappa shape index (κ1) is 49.1. The lowest BCUT2D eigenvalue weighted by molar-refractivity contribution is -0.137. The van der Waals surface area contributed by atoms with Gasteiger partial charge in [-0.3, -0.25) is 29.4 Å². The Bertz CT molecular complexity index is 2800. The van der Waals surface area contributed by atoms with Crippen LogP contribution in [0.2, 0.25) is 5.02 Å². The van der Waals surface area contributed by atoms with Gasteiger partial charge < -0.3 is 24.0 Å². The molecule has 4 aliphatic heterocycles. The molecule has 15 heteroatoms. The van der Waals surface area contributed by atoms with Crippen LogP contribution >= 0.6 is 18.7 Å². The molecule has 4 aromatic carbocycles. The molecule has 13 nitrogen and oxygen atoms in total. The standard InChI is InChI=1S/C55H63ClN7O6P/c1-69-49-34-43(20-19-40(49)33-51-57-35-46(56)47(58-51)32-41-9-4-5-13-50(41)70(2,3)68)60-26-24-42(25-27-60)61-28-30-62(31-29-61)53(65)23-18-38-16-14-37(15-17-38)8-6-10-39-11-7-12-44-45(39)36-63(55(44)67)48-21-22-52(64)59-54(48)66/h4-5,7,9,11-17,19-20,34-35,42,48H,6,8,10,18,21-33,36H2,1-3H3,(H,59,64,66). The van der Waals surface area contributed by atoms with E-state index >= 15 is 0 Å². The van der Waals surface area contributed by atoms with E-state index in [1.54, 1.807) is 31.5 Å². The number of benzene rings is 4. The van der Waals surface area contributed by atoms with Crippen LogP contribution in [0.25, 0.3) is 0 Å². The summed E-state index contributed by atoms with van der Waals surface area (Å²) >= 11 is 6.59. The number of piperazine rings is 1. The number of methoxy groups -OCH3 is 1. The monoisotopic (exact) mass is 983 g/mol. The lowest BCUT2D eigenvalue weighted by atomic mass is 9.97. The summed E-state index contributed by atoms with van der Waals surface area (Å²) in [6.45, 7) is 9.17.